The van der Waals surface area contributed by atoms with Crippen molar-refractivity contribution in [3.8, 4) is 5.88 Å². The van der Waals surface area contributed by atoms with Gasteiger partial charge in [0.1, 0.15) is 17.5 Å². The number of rotatable bonds is 3. The predicted octanol–water partition coefficient (Wildman–Crippen LogP) is 2.47. The minimum Gasteiger partial charge on any atom is -0.493 e. The Kier molecular flexibility index (Phi) is 3.83. The van der Waals surface area contributed by atoms with Gasteiger partial charge in [0.05, 0.1) is 5.56 Å². The lowest BCUT2D eigenvalue weighted by molar-refractivity contribution is 0.436. The van der Waals surface area contributed by atoms with E-state index >= 15 is 0 Å². The van der Waals surface area contributed by atoms with E-state index in [9.17, 15) is 18.7 Å². The summed E-state index contributed by atoms with van der Waals surface area (Å²) in [5.41, 5.74) is -0.0791. The van der Waals surface area contributed by atoms with Crippen LogP contribution in [0.15, 0.2) is 23.0 Å². The fraction of sp³-hybridized carbons (Fsp3) is 0.286. The van der Waals surface area contributed by atoms with Crippen molar-refractivity contribution in [3.63, 3.8) is 0 Å². The summed E-state index contributed by atoms with van der Waals surface area (Å²) >= 11 is 0. The van der Waals surface area contributed by atoms with Gasteiger partial charge in [0.15, 0.2) is 0 Å². The molecule has 0 aliphatic heterocycles. The summed E-state index contributed by atoms with van der Waals surface area (Å²) in [6, 6.07) is 3.16. The van der Waals surface area contributed by atoms with E-state index in [1.54, 1.807) is 13.8 Å². The Balaban J connectivity index is 2.38. The molecule has 0 spiro atoms. The highest BCUT2D eigenvalue weighted by molar-refractivity contribution is 5.28. The van der Waals surface area contributed by atoms with Gasteiger partial charge in [-0.2, -0.15) is 4.98 Å². The van der Waals surface area contributed by atoms with Crippen molar-refractivity contribution in [2.75, 3.05) is 0 Å². The molecule has 20 heavy (non-hydrogen) atoms. The third-order valence-electron chi connectivity index (χ3n) is 2.93. The molecular formula is C14H14F2N2O2. The molecule has 0 aliphatic rings. The van der Waals surface area contributed by atoms with Crippen LogP contribution in [0.4, 0.5) is 8.78 Å². The Labute approximate surface area is 114 Å². The standard InChI is InChI=1S/C14H14F2N2O2/c1-7(2)12-13(19)17-11(18-14(12)20)5-8-3-4-9(15)6-10(8)16/h3-4,6-7H,5H2,1-2H3,(H2,17,18,19,20). The molecule has 0 unspecified atom stereocenters. The first-order chi connectivity index (χ1) is 9.38. The topological polar surface area (TPSA) is 66.0 Å². The van der Waals surface area contributed by atoms with Crippen LogP contribution in [-0.2, 0) is 6.42 Å². The molecule has 0 aliphatic carbocycles. The van der Waals surface area contributed by atoms with Crippen LogP contribution in [0, 0.1) is 11.6 Å². The largest absolute Gasteiger partial charge is 0.493 e. The summed E-state index contributed by atoms with van der Waals surface area (Å²) in [7, 11) is 0. The van der Waals surface area contributed by atoms with Crippen molar-refractivity contribution in [1.82, 2.24) is 9.97 Å². The minimum atomic E-state index is -0.722. The molecule has 4 nitrogen and oxygen atoms in total. The summed E-state index contributed by atoms with van der Waals surface area (Å²) in [6.07, 6.45) is -0.0344. The number of H-pyrrole nitrogens is 1. The zero-order valence-corrected chi connectivity index (χ0v) is 11.1. The van der Waals surface area contributed by atoms with Gasteiger partial charge in [0, 0.05) is 12.5 Å². The number of aromatic nitrogens is 2. The number of halogens is 2. The summed E-state index contributed by atoms with van der Waals surface area (Å²) in [6.45, 7) is 3.51. The van der Waals surface area contributed by atoms with E-state index in [-0.39, 0.29) is 35.2 Å². The van der Waals surface area contributed by atoms with Crippen molar-refractivity contribution in [3.05, 3.63) is 57.1 Å². The summed E-state index contributed by atoms with van der Waals surface area (Å²) in [4.78, 5) is 18.2. The second-order valence-electron chi connectivity index (χ2n) is 4.82. The molecule has 0 radical (unpaired) electrons. The lowest BCUT2D eigenvalue weighted by Gasteiger charge is -2.08. The van der Waals surface area contributed by atoms with Gasteiger partial charge in [-0.3, -0.25) is 4.79 Å². The Morgan fingerprint density at radius 2 is 2.05 bits per heavy atom. The van der Waals surface area contributed by atoms with Crippen LogP contribution in [0.25, 0.3) is 0 Å². The van der Waals surface area contributed by atoms with Crippen LogP contribution in [0.2, 0.25) is 0 Å². The maximum atomic E-state index is 13.5. The van der Waals surface area contributed by atoms with Gasteiger partial charge in [0.2, 0.25) is 5.88 Å². The number of nitrogens with zero attached hydrogens (tertiary/aromatic N) is 1. The van der Waals surface area contributed by atoms with Gasteiger partial charge in [0.25, 0.3) is 5.56 Å². The van der Waals surface area contributed by atoms with Crippen LogP contribution in [0.3, 0.4) is 0 Å². The number of aromatic hydroxyl groups is 1. The van der Waals surface area contributed by atoms with Crippen LogP contribution < -0.4 is 5.56 Å². The number of aromatic amines is 1. The lowest BCUT2D eigenvalue weighted by Crippen LogP contribution is -2.18. The lowest BCUT2D eigenvalue weighted by atomic mass is 10.1. The Morgan fingerprint density at radius 3 is 2.60 bits per heavy atom. The molecule has 106 valence electrons. The summed E-state index contributed by atoms with van der Waals surface area (Å²) in [5, 5.41) is 9.75. The van der Waals surface area contributed by atoms with Gasteiger partial charge in [-0.15, -0.1) is 0 Å². The Hall–Kier alpha value is -2.24. The van der Waals surface area contributed by atoms with Crippen molar-refractivity contribution < 1.29 is 13.9 Å². The highest BCUT2D eigenvalue weighted by atomic mass is 19.1. The SMILES string of the molecule is CC(C)c1c(O)nc(Cc2ccc(F)cc2F)[nH]c1=O. The molecule has 0 saturated carbocycles. The number of hydrogen-bond acceptors (Lipinski definition) is 3. The molecule has 0 bridgehead atoms. The van der Waals surface area contributed by atoms with Crippen LogP contribution in [0.1, 0.15) is 36.7 Å². The van der Waals surface area contributed by atoms with Crippen molar-refractivity contribution in [2.24, 2.45) is 0 Å². The second-order valence-corrected chi connectivity index (χ2v) is 4.82. The molecule has 0 saturated heterocycles. The Morgan fingerprint density at radius 1 is 1.35 bits per heavy atom. The van der Waals surface area contributed by atoms with Gasteiger partial charge < -0.3 is 10.1 Å². The maximum Gasteiger partial charge on any atom is 0.258 e. The van der Waals surface area contributed by atoms with Crippen LogP contribution >= 0.6 is 0 Å². The molecule has 1 heterocycles. The number of benzene rings is 1. The first-order valence-corrected chi connectivity index (χ1v) is 6.14. The van der Waals surface area contributed by atoms with Crippen LogP contribution in [0.5, 0.6) is 5.88 Å². The smallest absolute Gasteiger partial charge is 0.258 e. The molecule has 1 aromatic heterocycles. The molecule has 0 amide bonds. The van der Waals surface area contributed by atoms with Gasteiger partial charge in [-0.1, -0.05) is 19.9 Å². The van der Waals surface area contributed by atoms with Crippen LogP contribution in [-0.4, -0.2) is 15.1 Å². The minimum absolute atomic E-state index is 0.0344. The fourth-order valence-electron chi connectivity index (χ4n) is 1.97. The monoisotopic (exact) mass is 280 g/mol. The predicted molar refractivity (Wildman–Crippen MR) is 69.8 cm³/mol. The average molecular weight is 280 g/mol. The highest BCUT2D eigenvalue weighted by Crippen LogP contribution is 2.19. The Bertz CT molecular complexity index is 696. The molecule has 0 fully saturated rings. The molecular weight excluding hydrogens is 266 g/mol. The third kappa shape index (κ3) is 2.84. The third-order valence-corrected chi connectivity index (χ3v) is 2.93. The van der Waals surface area contributed by atoms with Crippen molar-refractivity contribution in [2.45, 2.75) is 26.2 Å². The van der Waals surface area contributed by atoms with E-state index in [0.29, 0.717) is 0 Å². The van der Waals surface area contributed by atoms with E-state index in [4.69, 9.17) is 0 Å². The van der Waals surface area contributed by atoms with E-state index in [0.717, 1.165) is 12.1 Å². The second kappa shape index (κ2) is 5.40. The number of hydrogen-bond donors (Lipinski definition) is 2. The van der Waals surface area contributed by atoms with E-state index in [1.165, 1.54) is 6.07 Å². The van der Waals surface area contributed by atoms with E-state index in [2.05, 4.69) is 9.97 Å². The van der Waals surface area contributed by atoms with Gasteiger partial charge in [-0.05, 0) is 17.5 Å². The van der Waals surface area contributed by atoms with Gasteiger partial charge in [-0.25, -0.2) is 8.78 Å². The molecule has 2 N–H and O–H groups in total. The zero-order valence-electron chi connectivity index (χ0n) is 11.1. The highest BCUT2D eigenvalue weighted by Gasteiger charge is 2.15. The molecule has 2 aromatic rings. The summed E-state index contributed by atoms with van der Waals surface area (Å²) in [5.74, 6) is -1.81. The molecule has 1 aromatic carbocycles. The average Bonchev–Trinajstić information content (AvgIpc) is 2.31. The maximum absolute atomic E-state index is 13.5. The quantitative estimate of drug-likeness (QED) is 0.907. The molecule has 0 atom stereocenters. The van der Waals surface area contributed by atoms with E-state index < -0.39 is 17.2 Å². The first kappa shape index (κ1) is 14.2. The molecule has 2 rings (SSSR count). The summed E-state index contributed by atoms with van der Waals surface area (Å²) < 4.78 is 26.3. The van der Waals surface area contributed by atoms with Gasteiger partial charge >= 0.3 is 0 Å². The first-order valence-electron chi connectivity index (χ1n) is 6.14. The normalized spacial score (nSPS) is 11.1. The van der Waals surface area contributed by atoms with Crippen molar-refractivity contribution >= 4 is 0 Å². The molecule has 6 heteroatoms. The van der Waals surface area contributed by atoms with E-state index in [1.807, 2.05) is 0 Å². The van der Waals surface area contributed by atoms with Crippen molar-refractivity contribution in [1.29, 1.82) is 0 Å². The zero-order chi connectivity index (χ0) is 14.9. The fourth-order valence-corrected chi connectivity index (χ4v) is 1.97. The number of nitrogens with one attached hydrogen (secondary N) is 1.